The molecule has 4 heterocycles. The molecular weight excluding hydrogens is 368 g/mol. The Bertz CT molecular complexity index is 805. The van der Waals surface area contributed by atoms with Crippen LogP contribution in [0.25, 0.3) is 0 Å². The average molecular weight is 401 g/mol. The first kappa shape index (κ1) is 19.1. The Kier molecular flexibility index (Phi) is 4.49. The molecular formula is C22H32N4O3. The van der Waals surface area contributed by atoms with Crippen molar-refractivity contribution in [2.45, 2.75) is 69.9 Å². The quantitative estimate of drug-likeness (QED) is 0.826. The zero-order valence-corrected chi connectivity index (χ0v) is 17.6. The van der Waals surface area contributed by atoms with Gasteiger partial charge in [0.05, 0.1) is 23.2 Å². The molecule has 1 atom stereocenters. The van der Waals surface area contributed by atoms with Crippen LogP contribution in [0.1, 0.15) is 63.8 Å². The highest BCUT2D eigenvalue weighted by Crippen LogP contribution is 2.45. The van der Waals surface area contributed by atoms with Gasteiger partial charge < -0.3 is 19.5 Å². The number of ether oxygens (including phenoxy) is 1. The molecule has 1 saturated carbocycles. The third kappa shape index (κ3) is 3.27. The molecule has 1 aromatic rings. The predicted octanol–water partition coefficient (Wildman–Crippen LogP) is 2.23. The molecule has 1 unspecified atom stereocenters. The summed E-state index contributed by atoms with van der Waals surface area (Å²) in [6.45, 7) is 6.93. The second-order valence-corrected chi connectivity index (χ2v) is 9.90. The van der Waals surface area contributed by atoms with Gasteiger partial charge in [-0.25, -0.2) is 4.98 Å². The maximum Gasteiger partial charge on any atom is 0.226 e. The lowest BCUT2D eigenvalue weighted by molar-refractivity contribution is -0.151. The number of likely N-dealkylation sites (tertiary alicyclic amines) is 1. The van der Waals surface area contributed by atoms with Gasteiger partial charge in [0.1, 0.15) is 0 Å². The van der Waals surface area contributed by atoms with Gasteiger partial charge in [-0.2, -0.15) is 0 Å². The van der Waals surface area contributed by atoms with Gasteiger partial charge in [-0.1, -0.05) is 0 Å². The summed E-state index contributed by atoms with van der Waals surface area (Å²) in [5.41, 5.74) is 1.63. The van der Waals surface area contributed by atoms with Crippen molar-refractivity contribution in [3.63, 3.8) is 0 Å². The number of nitrogens with zero attached hydrogens (tertiary/aromatic N) is 3. The lowest BCUT2D eigenvalue weighted by Gasteiger charge is -2.51. The minimum absolute atomic E-state index is 0.0456. The summed E-state index contributed by atoms with van der Waals surface area (Å²) in [4.78, 5) is 38.4. The van der Waals surface area contributed by atoms with Gasteiger partial charge in [-0.3, -0.25) is 9.59 Å². The number of carbonyl (C=O) groups is 2. The van der Waals surface area contributed by atoms with Crippen LogP contribution in [0.5, 0.6) is 0 Å². The highest BCUT2D eigenvalue weighted by atomic mass is 16.5. The summed E-state index contributed by atoms with van der Waals surface area (Å²) in [6.07, 6.45) is 7.78. The molecule has 1 aliphatic carbocycles. The largest absolute Gasteiger partial charge is 0.376 e. The highest BCUT2D eigenvalue weighted by Gasteiger charge is 2.51. The monoisotopic (exact) mass is 400 g/mol. The molecule has 5 rings (SSSR count). The SMILES string of the molecule is CC1(C)CC(C(=O)N2CCC3(CC2)c2nc[nH]c2CCN3C(=O)C2CC2)CCO1. The fourth-order valence-electron chi connectivity index (χ4n) is 5.65. The van der Waals surface area contributed by atoms with E-state index < -0.39 is 0 Å². The number of aromatic nitrogens is 2. The van der Waals surface area contributed by atoms with Crippen molar-refractivity contribution in [1.29, 1.82) is 0 Å². The summed E-state index contributed by atoms with van der Waals surface area (Å²) in [5.74, 6) is 0.805. The van der Waals surface area contributed by atoms with E-state index in [0.29, 0.717) is 25.6 Å². The van der Waals surface area contributed by atoms with Crippen LogP contribution in [-0.2, 0) is 26.3 Å². The maximum atomic E-state index is 13.2. The van der Waals surface area contributed by atoms with Crippen LogP contribution in [0, 0.1) is 11.8 Å². The van der Waals surface area contributed by atoms with Gasteiger partial charge in [0.2, 0.25) is 11.8 Å². The predicted molar refractivity (Wildman–Crippen MR) is 107 cm³/mol. The summed E-state index contributed by atoms with van der Waals surface area (Å²) < 4.78 is 5.80. The van der Waals surface area contributed by atoms with Crippen molar-refractivity contribution < 1.29 is 14.3 Å². The molecule has 3 fully saturated rings. The molecule has 29 heavy (non-hydrogen) atoms. The number of rotatable bonds is 2. The Hall–Kier alpha value is -1.89. The first-order valence-electron chi connectivity index (χ1n) is 11.2. The van der Waals surface area contributed by atoms with Crippen LogP contribution >= 0.6 is 0 Å². The molecule has 2 saturated heterocycles. The molecule has 1 aromatic heterocycles. The smallest absolute Gasteiger partial charge is 0.226 e. The van der Waals surface area contributed by atoms with Crippen LogP contribution in [0.15, 0.2) is 6.33 Å². The Labute approximate surface area is 172 Å². The Morgan fingerprint density at radius 3 is 2.55 bits per heavy atom. The van der Waals surface area contributed by atoms with E-state index in [9.17, 15) is 9.59 Å². The van der Waals surface area contributed by atoms with E-state index >= 15 is 0 Å². The number of H-pyrrole nitrogens is 1. The zero-order chi connectivity index (χ0) is 20.2. The number of piperidine rings is 1. The van der Waals surface area contributed by atoms with Gasteiger partial charge in [0.25, 0.3) is 0 Å². The molecule has 2 amide bonds. The van der Waals surface area contributed by atoms with E-state index in [2.05, 4.69) is 28.7 Å². The number of amides is 2. The van der Waals surface area contributed by atoms with Crippen molar-refractivity contribution in [1.82, 2.24) is 19.8 Å². The topological polar surface area (TPSA) is 78.5 Å². The van der Waals surface area contributed by atoms with Crippen LogP contribution in [0.4, 0.5) is 0 Å². The molecule has 0 bridgehead atoms. The van der Waals surface area contributed by atoms with Gasteiger partial charge in [0, 0.05) is 50.2 Å². The van der Waals surface area contributed by atoms with Crippen molar-refractivity contribution >= 4 is 11.8 Å². The third-order valence-corrected chi connectivity index (χ3v) is 7.40. The average Bonchev–Trinajstić information content (AvgIpc) is 3.44. The normalized spacial score (nSPS) is 28.3. The van der Waals surface area contributed by atoms with Gasteiger partial charge in [-0.05, 0) is 52.4 Å². The number of hydrogen-bond acceptors (Lipinski definition) is 4. The van der Waals surface area contributed by atoms with E-state index in [1.165, 1.54) is 0 Å². The number of nitrogens with one attached hydrogen (secondary N) is 1. The van der Waals surface area contributed by atoms with E-state index in [4.69, 9.17) is 4.74 Å². The zero-order valence-electron chi connectivity index (χ0n) is 17.6. The van der Waals surface area contributed by atoms with Crippen LogP contribution in [0.2, 0.25) is 0 Å². The molecule has 7 nitrogen and oxygen atoms in total. The Morgan fingerprint density at radius 1 is 1.10 bits per heavy atom. The van der Waals surface area contributed by atoms with E-state index in [1.807, 2.05) is 4.90 Å². The Balaban J connectivity index is 1.34. The van der Waals surface area contributed by atoms with Crippen molar-refractivity contribution in [2.24, 2.45) is 11.8 Å². The summed E-state index contributed by atoms with van der Waals surface area (Å²) in [5, 5.41) is 0. The number of fused-ring (bicyclic) bond motifs is 2. The number of aromatic amines is 1. The standard InChI is InChI=1S/C22H32N4O3/c1-21(2)13-16(6-12-29-21)19(27)25-10-7-22(8-11-25)18-17(23-14-24-18)5-9-26(22)20(28)15-3-4-15/h14-16H,3-13H2,1-2H3,(H,23,24). The van der Waals surface area contributed by atoms with E-state index in [1.54, 1.807) is 6.33 Å². The van der Waals surface area contributed by atoms with Crippen molar-refractivity contribution in [2.75, 3.05) is 26.2 Å². The summed E-state index contributed by atoms with van der Waals surface area (Å²) >= 11 is 0. The van der Waals surface area contributed by atoms with Gasteiger partial charge in [-0.15, -0.1) is 0 Å². The molecule has 0 radical (unpaired) electrons. The summed E-state index contributed by atoms with van der Waals surface area (Å²) in [6, 6.07) is 0. The van der Waals surface area contributed by atoms with Crippen molar-refractivity contribution in [3.05, 3.63) is 17.7 Å². The van der Waals surface area contributed by atoms with Gasteiger partial charge >= 0.3 is 0 Å². The Morgan fingerprint density at radius 2 is 1.86 bits per heavy atom. The fraction of sp³-hybridized carbons (Fsp3) is 0.773. The van der Waals surface area contributed by atoms with E-state index in [-0.39, 0.29) is 28.9 Å². The number of carbonyl (C=O) groups excluding carboxylic acids is 2. The second kappa shape index (κ2) is 6.83. The first-order valence-corrected chi connectivity index (χ1v) is 11.2. The van der Waals surface area contributed by atoms with Crippen molar-refractivity contribution in [3.8, 4) is 0 Å². The lowest BCUT2D eigenvalue weighted by atomic mass is 9.78. The maximum absolute atomic E-state index is 13.2. The second-order valence-electron chi connectivity index (χ2n) is 9.90. The first-order chi connectivity index (χ1) is 13.9. The van der Waals surface area contributed by atoms with Gasteiger partial charge in [0.15, 0.2) is 0 Å². The van der Waals surface area contributed by atoms with Crippen LogP contribution < -0.4 is 0 Å². The molecule has 4 aliphatic rings. The van der Waals surface area contributed by atoms with Crippen LogP contribution in [-0.4, -0.2) is 63.4 Å². The highest BCUT2D eigenvalue weighted by molar-refractivity contribution is 5.82. The minimum Gasteiger partial charge on any atom is -0.376 e. The summed E-state index contributed by atoms with van der Waals surface area (Å²) in [7, 11) is 0. The number of hydrogen-bond donors (Lipinski definition) is 1. The number of imidazole rings is 1. The lowest BCUT2D eigenvalue weighted by Crippen LogP contribution is -2.59. The molecule has 1 N–H and O–H groups in total. The fourth-order valence-corrected chi connectivity index (χ4v) is 5.65. The molecule has 158 valence electrons. The van der Waals surface area contributed by atoms with E-state index in [0.717, 1.165) is 62.9 Å². The van der Waals surface area contributed by atoms with Crippen LogP contribution in [0.3, 0.4) is 0 Å². The minimum atomic E-state index is -0.348. The molecule has 3 aliphatic heterocycles. The molecule has 0 aromatic carbocycles. The third-order valence-electron chi connectivity index (χ3n) is 7.40. The molecule has 1 spiro atoms. The molecule has 7 heteroatoms.